The first kappa shape index (κ1) is 13.3. The quantitative estimate of drug-likeness (QED) is 0.783. The summed E-state index contributed by atoms with van der Waals surface area (Å²) in [5.74, 6) is 0. The van der Waals surface area contributed by atoms with E-state index in [9.17, 15) is 9.90 Å². The lowest BCUT2D eigenvalue weighted by molar-refractivity contribution is 0.115. The molecule has 1 aromatic heterocycles. The third-order valence-corrected chi connectivity index (χ3v) is 4.17. The maximum absolute atomic E-state index is 11.9. The molecule has 2 atom stereocenters. The summed E-state index contributed by atoms with van der Waals surface area (Å²) in [4.78, 5) is 14.7. The van der Waals surface area contributed by atoms with E-state index in [0.29, 0.717) is 0 Å². The van der Waals surface area contributed by atoms with Crippen molar-refractivity contribution in [2.45, 2.75) is 38.3 Å². The zero-order valence-corrected chi connectivity index (χ0v) is 11.6. The van der Waals surface area contributed by atoms with Crippen molar-refractivity contribution in [1.82, 2.24) is 10.3 Å². The van der Waals surface area contributed by atoms with Crippen LogP contribution in [0.4, 0.5) is 0 Å². The standard InChI is InChI=1S/C16H20N2O2/c1-10-5-4-6-11-12(9-14(19)18-15(10)11)16(20)13-7-2-3-8-17-13/h4-6,9,13,16-17,20H,2-3,7-8H2,1H3,(H,18,19)/t13?,16-/m1/s1. The number of aliphatic hydroxyl groups is 1. The first-order valence-electron chi connectivity index (χ1n) is 7.21. The van der Waals surface area contributed by atoms with Gasteiger partial charge in [-0.3, -0.25) is 4.79 Å². The topological polar surface area (TPSA) is 65.1 Å². The van der Waals surface area contributed by atoms with Crippen molar-refractivity contribution in [3.8, 4) is 0 Å². The van der Waals surface area contributed by atoms with Gasteiger partial charge >= 0.3 is 0 Å². The molecule has 0 radical (unpaired) electrons. The average molecular weight is 272 g/mol. The maximum atomic E-state index is 11.9. The van der Waals surface area contributed by atoms with E-state index in [1.165, 1.54) is 6.07 Å². The van der Waals surface area contributed by atoms with Crippen LogP contribution in [0.15, 0.2) is 29.1 Å². The van der Waals surface area contributed by atoms with Crippen molar-refractivity contribution in [2.75, 3.05) is 6.54 Å². The second-order valence-electron chi connectivity index (χ2n) is 5.59. The van der Waals surface area contributed by atoms with Crippen LogP contribution in [-0.2, 0) is 0 Å². The molecule has 0 spiro atoms. The van der Waals surface area contributed by atoms with Gasteiger partial charge in [0.1, 0.15) is 0 Å². The number of nitrogens with one attached hydrogen (secondary N) is 2. The highest BCUT2D eigenvalue weighted by Gasteiger charge is 2.24. The second kappa shape index (κ2) is 5.38. The molecular weight excluding hydrogens is 252 g/mol. The highest BCUT2D eigenvalue weighted by molar-refractivity contribution is 5.85. The fourth-order valence-electron chi connectivity index (χ4n) is 3.06. The van der Waals surface area contributed by atoms with Crippen molar-refractivity contribution in [2.24, 2.45) is 0 Å². The first-order chi connectivity index (χ1) is 9.66. The molecule has 2 aromatic rings. The van der Waals surface area contributed by atoms with Gasteiger partial charge in [0.2, 0.25) is 5.56 Å². The van der Waals surface area contributed by atoms with E-state index >= 15 is 0 Å². The van der Waals surface area contributed by atoms with Crippen LogP contribution in [0.3, 0.4) is 0 Å². The van der Waals surface area contributed by atoms with Crippen LogP contribution in [0.25, 0.3) is 10.9 Å². The Bertz CT molecular complexity index is 672. The second-order valence-corrected chi connectivity index (χ2v) is 5.59. The van der Waals surface area contributed by atoms with E-state index in [4.69, 9.17) is 0 Å². The molecule has 1 aliphatic heterocycles. The predicted molar refractivity (Wildman–Crippen MR) is 79.9 cm³/mol. The molecule has 1 fully saturated rings. The number of fused-ring (bicyclic) bond motifs is 1. The zero-order valence-electron chi connectivity index (χ0n) is 11.6. The highest BCUT2D eigenvalue weighted by atomic mass is 16.3. The van der Waals surface area contributed by atoms with Gasteiger partial charge < -0.3 is 15.4 Å². The number of aliphatic hydroxyl groups excluding tert-OH is 1. The van der Waals surface area contributed by atoms with Gasteiger partial charge in [-0.25, -0.2) is 0 Å². The van der Waals surface area contributed by atoms with Crippen molar-refractivity contribution >= 4 is 10.9 Å². The lowest BCUT2D eigenvalue weighted by Gasteiger charge is -2.28. The van der Waals surface area contributed by atoms with Crippen LogP contribution in [0.1, 0.15) is 36.5 Å². The molecule has 3 N–H and O–H groups in total. The number of benzene rings is 1. The molecule has 1 unspecified atom stereocenters. The Morgan fingerprint density at radius 3 is 2.95 bits per heavy atom. The summed E-state index contributed by atoms with van der Waals surface area (Å²) in [5, 5.41) is 14.9. The van der Waals surface area contributed by atoms with Gasteiger partial charge in [0.05, 0.1) is 11.6 Å². The number of pyridine rings is 1. The van der Waals surface area contributed by atoms with Gasteiger partial charge in [0.15, 0.2) is 0 Å². The van der Waals surface area contributed by atoms with Gasteiger partial charge in [0, 0.05) is 17.5 Å². The number of hydrogen-bond donors (Lipinski definition) is 3. The summed E-state index contributed by atoms with van der Waals surface area (Å²) in [6.45, 7) is 2.90. The maximum Gasteiger partial charge on any atom is 0.248 e. The Morgan fingerprint density at radius 1 is 1.35 bits per heavy atom. The molecular formula is C16H20N2O2. The van der Waals surface area contributed by atoms with Gasteiger partial charge in [-0.05, 0) is 37.4 Å². The highest BCUT2D eigenvalue weighted by Crippen LogP contribution is 2.28. The fraction of sp³-hybridized carbons (Fsp3) is 0.438. The Balaban J connectivity index is 2.10. The molecule has 0 bridgehead atoms. The normalized spacial score (nSPS) is 21.0. The molecule has 106 valence electrons. The lowest BCUT2D eigenvalue weighted by Crippen LogP contribution is -2.39. The van der Waals surface area contributed by atoms with Crippen LogP contribution in [-0.4, -0.2) is 22.7 Å². The third-order valence-electron chi connectivity index (χ3n) is 4.17. The molecule has 3 rings (SSSR count). The minimum atomic E-state index is -0.637. The van der Waals surface area contributed by atoms with Crippen LogP contribution in [0, 0.1) is 6.92 Å². The van der Waals surface area contributed by atoms with Crippen LogP contribution < -0.4 is 10.9 Å². The summed E-state index contributed by atoms with van der Waals surface area (Å²) in [6.07, 6.45) is 2.58. The smallest absolute Gasteiger partial charge is 0.248 e. The molecule has 0 saturated carbocycles. The Morgan fingerprint density at radius 2 is 2.20 bits per heavy atom. The summed E-state index contributed by atoms with van der Waals surface area (Å²) < 4.78 is 0. The van der Waals surface area contributed by atoms with E-state index < -0.39 is 6.10 Å². The number of para-hydroxylation sites is 1. The minimum absolute atomic E-state index is 0.0364. The SMILES string of the molecule is Cc1cccc2c([C@@H](O)C3CCCCN3)cc(=O)[nH]c12. The zero-order chi connectivity index (χ0) is 14.1. The first-order valence-corrected chi connectivity index (χ1v) is 7.21. The van der Waals surface area contributed by atoms with E-state index in [1.807, 2.05) is 25.1 Å². The number of aromatic nitrogens is 1. The number of rotatable bonds is 2. The number of hydrogen-bond acceptors (Lipinski definition) is 3. The molecule has 4 heteroatoms. The van der Waals surface area contributed by atoms with Crippen molar-refractivity contribution in [3.63, 3.8) is 0 Å². The summed E-state index contributed by atoms with van der Waals surface area (Å²) >= 11 is 0. The molecule has 2 heterocycles. The van der Waals surface area contributed by atoms with Crippen molar-refractivity contribution in [1.29, 1.82) is 0 Å². The van der Waals surface area contributed by atoms with Crippen molar-refractivity contribution < 1.29 is 5.11 Å². The van der Waals surface area contributed by atoms with Gasteiger partial charge in [-0.1, -0.05) is 24.6 Å². The fourth-order valence-corrected chi connectivity index (χ4v) is 3.06. The molecule has 1 saturated heterocycles. The monoisotopic (exact) mass is 272 g/mol. The lowest BCUT2D eigenvalue weighted by atomic mass is 9.92. The summed E-state index contributed by atoms with van der Waals surface area (Å²) in [7, 11) is 0. The van der Waals surface area contributed by atoms with E-state index in [2.05, 4.69) is 10.3 Å². The minimum Gasteiger partial charge on any atom is -0.387 e. The van der Waals surface area contributed by atoms with Gasteiger partial charge in [-0.15, -0.1) is 0 Å². The summed E-state index contributed by atoms with van der Waals surface area (Å²) in [6, 6.07) is 7.45. The Kier molecular flexibility index (Phi) is 3.59. The Labute approximate surface area is 117 Å². The summed E-state index contributed by atoms with van der Waals surface area (Å²) in [5.41, 5.74) is 2.42. The molecule has 4 nitrogen and oxygen atoms in total. The number of aromatic amines is 1. The van der Waals surface area contributed by atoms with Gasteiger partial charge in [0.25, 0.3) is 0 Å². The molecule has 0 amide bonds. The average Bonchev–Trinajstić information content (AvgIpc) is 2.48. The number of H-pyrrole nitrogens is 1. The number of aryl methyl sites for hydroxylation is 1. The van der Waals surface area contributed by atoms with E-state index in [1.54, 1.807) is 0 Å². The molecule has 1 aromatic carbocycles. The molecule has 0 aliphatic carbocycles. The largest absolute Gasteiger partial charge is 0.387 e. The van der Waals surface area contributed by atoms with E-state index in [0.717, 1.165) is 47.8 Å². The van der Waals surface area contributed by atoms with Crippen LogP contribution in [0.5, 0.6) is 0 Å². The van der Waals surface area contributed by atoms with Crippen LogP contribution >= 0.6 is 0 Å². The predicted octanol–water partition coefficient (Wildman–Crippen LogP) is 2.01. The Hall–Kier alpha value is -1.65. The third kappa shape index (κ3) is 2.37. The molecule has 1 aliphatic rings. The molecule has 20 heavy (non-hydrogen) atoms. The van der Waals surface area contributed by atoms with Gasteiger partial charge in [-0.2, -0.15) is 0 Å². The van der Waals surface area contributed by atoms with Crippen LogP contribution in [0.2, 0.25) is 0 Å². The van der Waals surface area contributed by atoms with Crippen molar-refractivity contribution in [3.05, 3.63) is 45.7 Å². The van der Waals surface area contributed by atoms with E-state index in [-0.39, 0.29) is 11.6 Å². The number of piperidine rings is 1.